The number of rotatable bonds is 6. The predicted molar refractivity (Wildman–Crippen MR) is 258 cm³/mol. The molecule has 1 nitrogen and oxygen atoms in total. The average molecular weight is 786 g/mol. The van der Waals surface area contributed by atoms with E-state index in [2.05, 4.69) is 217 Å². The second-order valence-corrected chi connectivity index (χ2v) is 17.3. The second kappa shape index (κ2) is 13.8. The molecule has 10 aromatic carbocycles. The van der Waals surface area contributed by atoms with Gasteiger partial charge in [-0.05, 0) is 97.4 Å². The molecule has 0 N–H and O–H groups in total. The van der Waals surface area contributed by atoms with Gasteiger partial charge in [0.1, 0.15) is 0 Å². The van der Waals surface area contributed by atoms with Crippen molar-refractivity contribution in [3.63, 3.8) is 0 Å². The van der Waals surface area contributed by atoms with Crippen LogP contribution in [0, 0.1) is 0 Å². The van der Waals surface area contributed by atoms with E-state index in [-0.39, 0.29) is 0 Å². The van der Waals surface area contributed by atoms with E-state index < -0.39 is 0 Å². The summed E-state index contributed by atoms with van der Waals surface area (Å²) >= 11 is 3.78. The first kappa shape index (κ1) is 34.0. The first-order valence-corrected chi connectivity index (χ1v) is 21.7. The predicted octanol–water partition coefficient (Wildman–Crippen LogP) is 17.2. The summed E-state index contributed by atoms with van der Waals surface area (Å²) in [6, 6.07) is 78.1. The summed E-state index contributed by atoms with van der Waals surface area (Å²) in [5, 5.41) is 10.2. The van der Waals surface area contributed by atoms with Crippen LogP contribution in [-0.2, 0) is 0 Å². The minimum absolute atomic E-state index is 1.13. The lowest BCUT2D eigenvalue weighted by atomic mass is 9.96. The van der Waals surface area contributed by atoms with Crippen molar-refractivity contribution in [3.8, 4) is 33.4 Å². The van der Waals surface area contributed by atoms with E-state index in [1.54, 1.807) is 0 Å². The maximum absolute atomic E-state index is 2.51. The molecule has 0 saturated heterocycles. The number of hydrogen-bond acceptors (Lipinski definition) is 3. The molecule has 59 heavy (non-hydrogen) atoms. The summed E-state index contributed by atoms with van der Waals surface area (Å²) < 4.78 is 5.13. The highest BCUT2D eigenvalue weighted by Gasteiger charge is 2.23. The monoisotopic (exact) mass is 785 g/mol. The average Bonchev–Trinajstić information content (AvgIpc) is 3.89. The molecule has 0 aliphatic heterocycles. The summed E-state index contributed by atoms with van der Waals surface area (Å²) in [7, 11) is 0. The number of fused-ring (bicyclic) bond motifs is 8. The summed E-state index contributed by atoms with van der Waals surface area (Å²) in [5.41, 5.74) is 11.0. The van der Waals surface area contributed by atoms with E-state index in [0.29, 0.717) is 0 Å². The summed E-state index contributed by atoms with van der Waals surface area (Å²) in [4.78, 5) is 2.51. The fraction of sp³-hybridized carbons (Fsp3) is 0. The lowest BCUT2D eigenvalue weighted by molar-refractivity contribution is 1.32. The Balaban J connectivity index is 1.10. The Hall–Kier alpha value is -7.04. The molecule has 0 aliphatic carbocycles. The topological polar surface area (TPSA) is 3.24 Å². The van der Waals surface area contributed by atoms with Gasteiger partial charge in [-0.2, -0.15) is 0 Å². The van der Waals surface area contributed by atoms with E-state index in [4.69, 9.17) is 0 Å². The molecule has 0 amide bonds. The van der Waals surface area contributed by atoms with Gasteiger partial charge in [0.05, 0.1) is 20.8 Å². The van der Waals surface area contributed by atoms with Gasteiger partial charge in [0, 0.05) is 36.6 Å². The molecule has 0 radical (unpaired) electrons. The van der Waals surface area contributed by atoms with E-state index in [9.17, 15) is 0 Å². The number of anilines is 3. The third kappa shape index (κ3) is 5.58. The smallest absolute Gasteiger partial charge is 0.0640 e. The Bertz CT molecular complexity index is 3550. The van der Waals surface area contributed by atoms with Crippen LogP contribution in [0.5, 0.6) is 0 Å². The van der Waals surface area contributed by atoms with Gasteiger partial charge < -0.3 is 4.90 Å². The van der Waals surface area contributed by atoms with Crippen molar-refractivity contribution in [1.82, 2.24) is 0 Å². The number of hydrogen-bond donors (Lipinski definition) is 0. The molecule has 276 valence electrons. The maximum atomic E-state index is 2.51. The highest BCUT2D eigenvalue weighted by molar-refractivity contribution is 7.27. The zero-order chi connectivity index (χ0) is 38.9. The van der Waals surface area contributed by atoms with Crippen LogP contribution >= 0.6 is 22.7 Å². The highest BCUT2D eigenvalue weighted by atomic mass is 32.1. The van der Waals surface area contributed by atoms with Crippen molar-refractivity contribution in [2.24, 2.45) is 0 Å². The molecule has 12 rings (SSSR count). The lowest BCUT2D eigenvalue weighted by Gasteiger charge is -2.27. The fourth-order valence-corrected chi connectivity index (χ4v) is 11.6. The van der Waals surface area contributed by atoms with Crippen molar-refractivity contribution in [1.29, 1.82) is 0 Å². The van der Waals surface area contributed by atoms with Gasteiger partial charge in [-0.3, -0.25) is 0 Å². The van der Waals surface area contributed by atoms with Gasteiger partial charge in [-0.1, -0.05) is 170 Å². The molecule has 0 bridgehead atoms. The van der Waals surface area contributed by atoms with Gasteiger partial charge in [-0.15, -0.1) is 22.7 Å². The molecule has 2 aromatic heterocycles. The van der Waals surface area contributed by atoms with Crippen LogP contribution in [0.1, 0.15) is 0 Å². The van der Waals surface area contributed by atoms with Crippen LogP contribution in [-0.4, -0.2) is 0 Å². The maximum Gasteiger partial charge on any atom is 0.0640 e. The second-order valence-electron chi connectivity index (χ2n) is 15.2. The first-order chi connectivity index (χ1) is 29.3. The molecule has 0 atom stereocenters. The summed E-state index contributed by atoms with van der Waals surface area (Å²) in [6.45, 7) is 0. The lowest BCUT2D eigenvalue weighted by Crippen LogP contribution is -2.10. The Morgan fingerprint density at radius 3 is 1.49 bits per heavy atom. The van der Waals surface area contributed by atoms with Crippen molar-refractivity contribution in [3.05, 3.63) is 212 Å². The Labute approximate surface area is 350 Å². The molecule has 0 spiro atoms. The molecule has 0 unspecified atom stereocenters. The van der Waals surface area contributed by atoms with Gasteiger partial charge in [0.2, 0.25) is 0 Å². The van der Waals surface area contributed by atoms with Crippen LogP contribution < -0.4 is 4.90 Å². The quantitative estimate of drug-likeness (QED) is 0.162. The molecular formula is C56H35NS2. The van der Waals surface area contributed by atoms with E-state index in [1.165, 1.54) is 107 Å². The van der Waals surface area contributed by atoms with Crippen LogP contribution in [0.15, 0.2) is 212 Å². The number of nitrogens with zero attached hydrogens (tertiary/aromatic N) is 1. The van der Waals surface area contributed by atoms with Crippen LogP contribution in [0.25, 0.3) is 95.3 Å². The van der Waals surface area contributed by atoms with Crippen LogP contribution in [0.2, 0.25) is 0 Å². The van der Waals surface area contributed by atoms with Crippen molar-refractivity contribution in [2.75, 3.05) is 4.90 Å². The largest absolute Gasteiger partial charge is 0.308 e. The Kier molecular flexibility index (Phi) is 7.97. The molecular weight excluding hydrogens is 751 g/mol. The standard InChI is InChI=1S/C56H35NS2/c1-2-14-38(15-3-1)45-21-11-27-51-53(45)47-23-9-25-49(55(47)58-51)57(42-33-31-39(32-34-42)44-20-8-18-37-16-6-7-19-43(37)44)50-26-10-24-48-54-46(22-12-28-52(54)59-56(48)50)41-30-29-36-13-4-5-17-40(36)35-41/h1-35H. The third-order valence-corrected chi connectivity index (χ3v) is 14.2. The van der Waals surface area contributed by atoms with Gasteiger partial charge in [0.25, 0.3) is 0 Å². The minimum Gasteiger partial charge on any atom is -0.308 e. The Morgan fingerprint density at radius 1 is 0.305 bits per heavy atom. The molecule has 2 heterocycles. The van der Waals surface area contributed by atoms with Crippen molar-refractivity contribution < 1.29 is 0 Å². The van der Waals surface area contributed by atoms with Gasteiger partial charge in [0.15, 0.2) is 0 Å². The summed E-state index contributed by atoms with van der Waals surface area (Å²) in [5.74, 6) is 0. The number of thiophene rings is 2. The molecule has 3 heteroatoms. The van der Waals surface area contributed by atoms with E-state index in [1.807, 2.05) is 22.7 Å². The highest BCUT2D eigenvalue weighted by Crippen LogP contribution is 2.51. The molecule has 12 aromatic rings. The normalized spacial score (nSPS) is 11.7. The Morgan fingerprint density at radius 2 is 0.797 bits per heavy atom. The van der Waals surface area contributed by atoms with Gasteiger partial charge >= 0.3 is 0 Å². The van der Waals surface area contributed by atoms with Gasteiger partial charge in [-0.25, -0.2) is 0 Å². The zero-order valence-corrected chi connectivity index (χ0v) is 33.6. The SMILES string of the molecule is c1ccc(-c2cccc3sc4c(N(c5ccc(-c6cccc7ccccc67)cc5)c5cccc6c5sc5cccc(-c7ccc8ccccc8c7)c56)cccc4c23)cc1. The zero-order valence-electron chi connectivity index (χ0n) is 32.0. The van der Waals surface area contributed by atoms with Crippen LogP contribution in [0.3, 0.4) is 0 Å². The van der Waals surface area contributed by atoms with Crippen molar-refractivity contribution >= 4 is 102 Å². The van der Waals surface area contributed by atoms with Crippen molar-refractivity contribution in [2.45, 2.75) is 0 Å². The van der Waals surface area contributed by atoms with E-state index >= 15 is 0 Å². The molecule has 0 saturated carbocycles. The summed E-state index contributed by atoms with van der Waals surface area (Å²) in [6.07, 6.45) is 0. The van der Waals surface area contributed by atoms with E-state index in [0.717, 1.165) is 5.69 Å². The van der Waals surface area contributed by atoms with Crippen LogP contribution in [0.4, 0.5) is 17.1 Å². The minimum atomic E-state index is 1.13. The third-order valence-electron chi connectivity index (χ3n) is 11.9. The molecule has 0 aliphatic rings. The number of benzene rings is 10. The fourth-order valence-electron chi connectivity index (χ4n) is 9.15. The first-order valence-electron chi connectivity index (χ1n) is 20.1. The molecule has 0 fully saturated rings.